The Kier molecular flexibility index (Phi) is 3.87. The Bertz CT molecular complexity index is 458. The quantitative estimate of drug-likeness (QED) is 0.817. The molecule has 6 heteroatoms. The highest BCUT2D eigenvalue weighted by atomic mass is 16.5. The molecule has 0 saturated heterocycles. The van der Waals surface area contributed by atoms with E-state index in [1.165, 1.54) is 0 Å². The van der Waals surface area contributed by atoms with Crippen LogP contribution in [0.1, 0.15) is 33.1 Å². The maximum absolute atomic E-state index is 11.2. The van der Waals surface area contributed by atoms with Gasteiger partial charge in [-0.25, -0.2) is 0 Å². The molecule has 1 aromatic rings. The van der Waals surface area contributed by atoms with E-state index in [4.69, 9.17) is 4.74 Å². The molecule has 1 saturated carbocycles. The van der Waals surface area contributed by atoms with Crippen LogP contribution in [-0.4, -0.2) is 33.7 Å². The smallest absolute Gasteiger partial charge is 0.311 e. The van der Waals surface area contributed by atoms with Crippen molar-refractivity contribution < 1.29 is 14.6 Å². The van der Waals surface area contributed by atoms with Crippen LogP contribution >= 0.6 is 0 Å². The van der Waals surface area contributed by atoms with Crippen molar-refractivity contribution in [3.05, 3.63) is 12.4 Å². The first kappa shape index (κ1) is 13.6. The first-order valence-electron chi connectivity index (χ1n) is 6.48. The van der Waals surface area contributed by atoms with Gasteiger partial charge in [-0.2, -0.15) is 4.98 Å². The standard InChI is InChI=1S/C13H19N3O3/c1-9(2)19-11-7-14-6-10(16-11)15-8-13(12(17)18)4-3-5-13/h6-7,9H,3-5,8H2,1-2H3,(H,15,16)(H,17,18). The molecule has 0 radical (unpaired) electrons. The SMILES string of the molecule is CC(C)Oc1cncc(NCC2(C(=O)O)CCC2)n1. The van der Waals surface area contributed by atoms with Crippen molar-refractivity contribution in [1.82, 2.24) is 9.97 Å². The van der Waals surface area contributed by atoms with E-state index in [-0.39, 0.29) is 6.10 Å². The number of nitrogens with zero attached hydrogens (tertiary/aromatic N) is 2. The molecular weight excluding hydrogens is 246 g/mol. The van der Waals surface area contributed by atoms with Gasteiger partial charge in [0.2, 0.25) is 5.88 Å². The zero-order chi connectivity index (χ0) is 13.9. The van der Waals surface area contributed by atoms with Crippen LogP contribution < -0.4 is 10.1 Å². The second kappa shape index (κ2) is 5.42. The third-order valence-corrected chi connectivity index (χ3v) is 3.34. The lowest BCUT2D eigenvalue weighted by Gasteiger charge is -2.37. The molecule has 19 heavy (non-hydrogen) atoms. The van der Waals surface area contributed by atoms with E-state index >= 15 is 0 Å². The maximum Gasteiger partial charge on any atom is 0.311 e. The normalized spacial score (nSPS) is 16.8. The second-order valence-electron chi connectivity index (χ2n) is 5.20. The van der Waals surface area contributed by atoms with E-state index in [1.54, 1.807) is 12.4 Å². The summed E-state index contributed by atoms with van der Waals surface area (Å²) in [5.74, 6) is 0.248. The average Bonchev–Trinajstić information content (AvgIpc) is 2.26. The van der Waals surface area contributed by atoms with Gasteiger partial charge in [0.25, 0.3) is 0 Å². The average molecular weight is 265 g/mol. The minimum atomic E-state index is -0.742. The van der Waals surface area contributed by atoms with Gasteiger partial charge in [-0.15, -0.1) is 0 Å². The van der Waals surface area contributed by atoms with Gasteiger partial charge < -0.3 is 15.2 Å². The van der Waals surface area contributed by atoms with Gasteiger partial charge in [0.1, 0.15) is 5.82 Å². The Morgan fingerprint density at radius 2 is 2.26 bits per heavy atom. The monoisotopic (exact) mass is 265 g/mol. The van der Waals surface area contributed by atoms with Gasteiger partial charge in [0.05, 0.1) is 23.9 Å². The summed E-state index contributed by atoms with van der Waals surface area (Å²) in [5, 5.41) is 12.3. The molecule has 2 N–H and O–H groups in total. The van der Waals surface area contributed by atoms with E-state index < -0.39 is 11.4 Å². The number of hydrogen-bond donors (Lipinski definition) is 2. The molecule has 1 aliphatic carbocycles. The third kappa shape index (κ3) is 3.13. The van der Waals surface area contributed by atoms with E-state index in [1.807, 2.05) is 13.8 Å². The molecule has 0 atom stereocenters. The summed E-state index contributed by atoms with van der Waals surface area (Å²) < 4.78 is 5.44. The first-order chi connectivity index (χ1) is 9.02. The molecule has 104 valence electrons. The first-order valence-corrected chi connectivity index (χ1v) is 6.48. The van der Waals surface area contributed by atoms with E-state index in [9.17, 15) is 9.90 Å². The highest BCUT2D eigenvalue weighted by molar-refractivity contribution is 5.76. The van der Waals surface area contributed by atoms with Crippen LogP contribution in [0.25, 0.3) is 0 Å². The molecular formula is C13H19N3O3. The Morgan fingerprint density at radius 3 is 2.79 bits per heavy atom. The molecule has 2 rings (SSSR count). The summed E-state index contributed by atoms with van der Waals surface area (Å²) >= 11 is 0. The number of carboxylic acid groups (broad SMARTS) is 1. The molecule has 1 aliphatic rings. The lowest BCUT2D eigenvalue weighted by atomic mass is 9.69. The Balaban J connectivity index is 1.97. The van der Waals surface area contributed by atoms with Gasteiger partial charge >= 0.3 is 5.97 Å². The van der Waals surface area contributed by atoms with Crippen LogP contribution in [-0.2, 0) is 4.79 Å². The molecule has 0 unspecified atom stereocenters. The van der Waals surface area contributed by atoms with Crippen molar-refractivity contribution in [2.45, 2.75) is 39.2 Å². The summed E-state index contributed by atoms with van der Waals surface area (Å²) in [7, 11) is 0. The number of aliphatic carboxylic acids is 1. The predicted octanol–water partition coefficient (Wildman–Crippen LogP) is 1.93. The third-order valence-electron chi connectivity index (χ3n) is 3.34. The van der Waals surface area contributed by atoms with E-state index in [0.29, 0.717) is 31.1 Å². The number of ether oxygens (including phenoxy) is 1. The topological polar surface area (TPSA) is 84.3 Å². The summed E-state index contributed by atoms with van der Waals surface area (Å²) in [6.07, 6.45) is 5.54. The minimum Gasteiger partial charge on any atom is -0.481 e. The largest absolute Gasteiger partial charge is 0.481 e. The van der Waals surface area contributed by atoms with Crippen LogP contribution in [0.2, 0.25) is 0 Å². The molecule has 1 heterocycles. The zero-order valence-electron chi connectivity index (χ0n) is 11.2. The molecule has 0 spiro atoms. The maximum atomic E-state index is 11.2. The Morgan fingerprint density at radius 1 is 1.53 bits per heavy atom. The number of aromatic nitrogens is 2. The lowest BCUT2D eigenvalue weighted by Crippen LogP contribution is -2.43. The van der Waals surface area contributed by atoms with Crippen LogP contribution in [0.5, 0.6) is 5.88 Å². The molecule has 6 nitrogen and oxygen atoms in total. The van der Waals surface area contributed by atoms with Gasteiger partial charge in [-0.1, -0.05) is 6.42 Å². The number of hydrogen-bond acceptors (Lipinski definition) is 5. The fraction of sp³-hybridized carbons (Fsp3) is 0.615. The predicted molar refractivity (Wildman–Crippen MR) is 70.2 cm³/mol. The van der Waals surface area contributed by atoms with Crippen LogP contribution in [0.15, 0.2) is 12.4 Å². The number of carboxylic acids is 1. The van der Waals surface area contributed by atoms with Crippen LogP contribution in [0.3, 0.4) is 0 Å². The lowest BCUT2D eigenvalue weighted by molar-refractivity contribution is -0.153. The van der Waals surface area contributed by atoms with E-state index in [2.05, 4.69) is 15.3 Å². The summed E-state index contributed by atoms with van der Waals surface area (Å²) in [6, 6.07) is 0. The Hall–Kier alpha value is -1.85. The molecule has 1 aromatic heterocycles. The number of carbonyl (C=O) groups is 1. The fourth-order valence-corrected chi connectivity index (χ4v) is 2.06. The van der Waals surface area contributed by atoms with Crippen LogP contribution in [0, 0.1) is 5.41 Å². The number of nitrogens with one attached hydrogen (secondary N) is 1. The summed E-state index contributed by atoms with van der Waals surface area (Å²) in [4.78, 5) is 19.5. The van der Waals surface area contributed by atoms with Crippen molar-refractivity contribution in [3.8, 4) is 5.88 Å². The van der Waals surface area contributed by atoms with Crippen molar-refractivity contribution in [3.63, 3.8) is 0 Å². The highest BCUT2D eigenvalue weighted by Crippen LogP contribution is 2.41. The molecule has 0 amide bonds. The molecule has 1 fully saturated rings. The van der Waals surface area contributed by atoms with Crippen molar-refractivity contribution in [1.29, 1.82) is 0 Å². The van der Waals surface area contributed by atoms with Gasteiger partial charge in [-0.3, -0.25) is 9.78 Å². The zero-order valence-corrected chi connectivity index (χ0v) is 11.2. The van der Waals surface area contributed by atoms with Crippen molar-refractivity contribution >= 4 is 11.8 Å². The van der Waals surface area contributed by atoms with E-state index in [0.717, 1.165) is 6.42 Å². The summed E-state index contributed by atoms with van der Waals surface area (Å²) in [6.45, 7) is 4.20. The van der Waals surface area contributed by atoms with Gasteiger partial charge in [0, 0.05) is 6.54 Å². The Labute approximate surface area is 112 Å². The van der Waals surface area contributed by atoms with Crippen molar-refractivity contribution in [2.24, 2.45) is 5.41 Å². The molecule has 0 aliphatic heterocycles. The molecule has 0 aromatic carbocycles. The highest BCUT2D eigenvalue weighted by Gasteiger charge is 2.44. The molecule has 0 bridgehead atoms. The summed E-state index contributed by atoms with van der Waals surface area (Å²) in [5.41, 5.74) is -0.642. The van der Waals surface area contributed by atoms with Gasteiger partial charge in [-0.05, 0) is 26.7 Å². The van der Waals surface area contributed by atoms with Crippen molar-refractivity contribution in [2.75, 3.05) is 11.9 Å². The van der Waals surface area contributed by atoms with Gasteiger partial charge in [0.15, 0.2) is 0 Å². The van der Waals surface area contributed by atoms with Crippen LogP contribution in [0.4, 0.5) is 5.82 Å². The number of anilines is 1. The number of rotatable bonds is 6. The minimum absolute atomic E-state index is 0.0292. The fourth-order valence-electron chi connectivity index (χ4n) is 2.06. The second-order valence-corrected chi connectivity index (χ2v) is 5.20.